The van der Waals surface area contributed by atoms with Crippen molar-refractivity contribution in [3.05, 3.63) is 88.0 Å². The number of nitrogens with one attached hydrogen (secondary N) is 1. The van der Waals surface area contributed by atoms with Crippen LogP contribution in [0.4, 0.5) is 5.69 Å². The number of hydrogen-bond donors (Lipinski definition) is 2. The summed E-state index contributed by atoms with van der Waals surface area (Å²) in [6, 6.07) is 17.3. The second-order valence-corrected chi connectivity index (χ2v) is 6.06. The lowest BCUT2D eigenvalue weighted by Crippen LogP contribution is -2.42. The van der Waals surface area contributed by atoms with E-state index < -0.39 is 22.8 Å². The first kappa shape index (κ1) is 18.1. The molecule has 27 heavy (non-hydrogen) atoms. The van der Waals surface area contributed by atoms with Crippen LogP contribution in [0.3, 0.4) is 0 Å². The summed E-state index contributed by atoms with van der Waals surface area (Å²) in [7, 11) is 0. The van der Waals surface area contributed by atoms with Crippen molar-refractivity contribution >= 4 is 28.3 Å². The maximum Gasteiger partial charge on any atom is 0.326 e. The predicted molar refractivity (Wildman–Crippen MR) is 99.6 cm³/mol. The Morgan fingerprint density at radius 1 is 1.00 bits per heavy atom. The molecule has 7 nitrogen and oxygen atoms in total. The highest BCUT2D eigenvalue weighted by molar-refractivity contribution is 5.97. The number of carbonyl (C=O) groups excluding carboxylic acids is 1. The Labute approximate surface area is 154 Å². The highest BCUT2D eigenvalue weighted by atomic mass is 16.6. The summed E-state index contributed by atoms with van der Waals surface area (Å²) < 4.78 is 0. The van der Waals surface area contributed by atoms with Crippen LogP contribution in [0.25, 0.3) is 10.8 Å². The van der Waals surface area contributed by atoms with Crippen molar-refractivity contribution in [1.82, 2.24) is 5.32 Å². The molecule has 0 saturated carbocycles. The van der Waals surface area contributed by atoms with Gasteiger partial charge in [-0.3, -0.25) is 14.9 Å². The molecule has 0 aromatic heterocycles. The van der Waals surface area contributed by atoms with E-state index in [1.807, 2.05) is 42.5 Å². The van der Waals surface area contributed by atoms with E-state index >= 15 is 0 Å². The van der Waals surface area contributed by atoms with Gasteiger partial charge in [-0.05, 0) is 22.4 Å². The molecular formula is C20H16N2O5. The van der Waals surface area contributed by atoms with Gasteiger partial charge in [-0.1, -0.05) is 48.5 Å². The zero-order valence-corrected chi connectivity index (χ0v) is 14.2. The first-order valence-electron chi connectivity index (χ1n) is 8.20. The Hall–Kier alpha value is -3.74. The van der Waals surface area contributed by atoms with Gasteiger partial charge in [0.05, 0.1) is 4.92 Å². The molecule has 0 unspecified atom stereocenters. The molecule has 0 heterocycles. The van der Waals surface area contributed by atoms with Crippen LogP contribution in [0.1, 0.15) is 15.9 Å². The number of benzene rings is 3. The third-order valence-electron chi connectivity index (χ3n) is 4.18. The highest BCUT2D eigenvalue weighted by Gasteiger charge is 2.22. The van der Waals surface area contributed by atoms with Crippen LogP contribution < -0.4 is 5.32 Å². The summed E-state index contributed by atoms with van der Waals surface area (Å²) in [4.78, 5) is 34.1. The first-order valence-corrected chi connectivity index (χ1v) is 8.20. The zero-order chi connectivity index (χ0) is 19.4. The number of amides is 1. The molecule has 0 saturated heterocycles. The number of aliphatic carboxylic acids is 1. The van der Waals surface area contributed by atoms with Crippen LogP contribution >= 0.6 is 0 Å². The minimum atomic E-state index is -1.18. The second kappa shape index (κ2) is 7.65. The van der Waals surface area contributed by atoms with Crippen molar-refractivity contribution in [2.45, 2.75) is 12.5 Å². The molecule has 0 aliphatic heterocycles. The quantitative estimate of drug-likeness (QED) is 0.516. The van der Waals surface area contributed by atoms with Gasteiger partial charge in [0, 0.05) is 24.1 Å². The van der Waals surface area contributed by atoms with Crippen molar-refractivity contribution in [2.24, 2.45) is 0 Å². The maximum absolute atomic E-state index is 12.3. The van der Waals surface area contributed by atoms with Crippen molar-refractivity contribution in [3.8, 4) is 0 Å². The number of hydrogen-bond acceptors (Lipinski definition) is 4. The molecule has 0 aliphatic carbocycles. The summed E-state index contributed by atoms with van der Waals surface area (Å²) in [6.07, 6.45) is 0.0981. The molecular weight excluding hydrogens is 348 g/mol. The van der Waals surface area contributed by atoms with Gasteiger partial charge in [-0.25, -0.2) is 4.79 Å². The van der Waals surface area contributed by atoms with Crippen LogP contribution in [0.2, 0.25) is 0 Å². The van der Waals surface area contributed by atoms with Gasteiger partial charge < -0.3 is 10.4 Å². The molecule has 3 aromatic carbocycles. The number of non-ortho nitro benzene ring substituents is 1. The fraction of sp³-hybridized carbons (Fsp3) is 0.100. The monoisotopic (exact) mass is 364 g/mol. The fourth-order valence-corrected chi connectivity index (χ4v) is 2.80. The molecule has 2 N–H and O–H groups in total. The van der Waals surface area contributed by atoms with E-state index in [4.69, 9.17) is 0 Å². The number of nitro benzene ring substituents is 1. The first-order chi connectivity index (χ1) is 12.9. The van der Waals surface area contributed by atoms with E-state index in [0.29, 0.717) is 0 Å². The Morgan fingerprint density at radius 3 is 2.44 bits per heavy atom. The number of nitro groups is 1. The van der Waals surface area contributed by atoms with Gasteiger partial charge in [0.25, 0.3) is 11.6 Å². The molecule has 0 bridgehead atoms. The number of carboxylic acid groups (broad SMARTS) is 1. The molecule has 1 amide bonds. The Bertz CT molecular complexity index is 1030. The summed E-state index contributed by atoms with van der Waals surface area (Å²) in [5.41, 5.74) is 0.568. The largest absolute Gasteiger partial charge is 0.480 e. The van der Waals surface area contributed by atoms with Crippen molar-refractivity contribution in [1.29, 1.82) is 0 Å². The van der Waals surface area contributed by atoms with Gasteiger partial charge in [-0.2, -0.15) is 0 Å². The van der Waals surface area contributed by atoms with Gasteiger partial charge >= 0.3 is 5.97 Å². The normalized spacial score (nSPS) is 11.7. The van der Waals surface area contributed by atoms with E-state index in [2.05, 4.69) is 5.32 Å². The van der Waals surface area contributed by atoms with Crippen molar-refractivity contribution in [2.75, 3.05) is 0 Å². The number of rotatable bonds is 6. The van der Waals surface area contributed by atoms with E-state index in [9.17, 15) is 24.8 Å². The van der Waals surface area contributed by atoms with Gasteiger partial charge in [0.1, 0.15) is 6.04 Å². The standard InChI is InChI=1S/C20H16N2O5/c23-19(16-6-3-7-17(12-16)22(26)27)21-18(20(24)25)11-13-8-9-14-4-1-2-5-15(14)10-13/h1-10,12,18H,11H2,(H,21,23)(H,24,25)/t18-/m0/s1. The van der Waals surface area contributed by atoms with E-state index in [1.54, 1.807) is 0 Å². The Kier molecular flexibility index (Phi) is 5.12. The molecule has 3 rings (SSSR count). The summed E-state index contributed by atoms with van der Waals surface area (Å²) >= 11 is 0. The predicted octanol–water partition coefficient (Wildman–Crippen LogP) is 3.17. The highest BCUT2D eigenvalue weighted by Crippen LogP contribution is 2.17. The Balaban J connectivity index is 1.79. The third-order valence-corrected chi connectivity index (χ3v) is 4.18. The SMILES string of the molecule is O=C(N[C@@H](Cc1ccc2ccccc2c1)C(=O)O)c1cccc([N+](=O)[O-])c1. The Morgan fingerprint density at radius 2 is 1.74 bits per heavy atom. The van der Waals surface area contributed by atoms with Crippen LogP contribution in [-0.2, 0) is 11.2 Å². The van der Waals surface area contributed by atoms with Crippen LogP contribution in [0.5, 0.6) is 0 Å². The summed E-state index contributed by atoms with van der Waals surface area (Å²) in [5, 5.41) is 24.7. The topological polar surface area (TPSA) is 110 Å². The van der Waals surface area contributed by atoms with Gasteiger partial charge in [0.2, 0.25) is 0 Å². The minimum Gasteiger partial charge on any atom is -0.480 e. The van der Waals surface area contributed by atoms with E-state index in [0.717, 1.165) is 22.4 Å². The molecule has 3 aromatic rings. The molecule has 0 fully saturated rings. The number of carboxylic acids is 1. The minimum absolute atomic E-state index is 0.0361. The lowest BCUT2D eigenvalue weighted by molar-refractivity contribution is -0.384. The van der Waals surface area contributed by atoms with Gasteiger partial charge in [-0.15, -0.1) is 0 Å². The average Bonchev–Trinajstić information content (AvgIpc) is 2.67. The molecule has 1 atom stereocenters. The third kappa shape index (κ3) is 4.27. The molecule has 136 valence electrons. The van der Waals surface area contributed by atoms with Crippen LogP contribution in [0.15, 0.2) is 66.7 Å². The number of nitrogens with zero attached hydrogens (tertiary/aromatic N) is 1. The number of fused-ring (bicyclic) bond motifs is 1. The molecule has 0 aliphatic rings. The average molecular weight is 364 g/mol. The van der Waals surface area contributed by atoms with E-state index in [-0.39, 0.29) is 17.7 Å². The summed E-state index contributed by atoms with van der Waals surface area (Å²) in [6.45, 7) is 0. The van der Waals surface area contributed by atoms with Crippen molar-refractivity contribution in [3.63, 3.8) is 0 Å². The van der Waals surface area contributed by atoms with Crippen LogP contribution in [0, 0.1) is 10.1 Å². The lowest BCUT2D eigenvalue weighted by atomic mass is 10.0. The second-order valence-electron chi connectivity index (χ2n) is 6.06. The number of carbonyl (C=O) groups is 2. The molecule has 0 spiro atoms. The van der Waals surface area contributed by atoms with Crippen LogP contribution in [-0.4, -0.2) is 27.9 Å². The molecule has 0 radical (unpaired) electrons. The summed E-state index contributed by atoms with van der Waals surface area (Å²) in [5.74, 6) is -1.85. The van der Waals surface area contributed by atoms with Crippen molar-refractivity contribution < 1.29 is 19.6 Å². The van der Waals surface area contributed by atoms with E-state index in [1.165, 1.54) is 18.2 Å². The smallest absolute Gasteiger partial charge is 0.326 e. The lowest BCUT2D eigenvalue weighted by Gasteiger charge is -2.15. The van der Waals surface area contributed by atoms with Gasteiger partial charge in [0.15, 0.2) is 0 Å². The fourth-order valence-electron chi connectivity index (χ4n) is 2.80. The maximum atomic E-state index is 12.3. The zero-order valence-electron chi connectivity index (χ0n) is 14.2. The molecule has 7 heteroatoms.